The van der Waals surface area contributed by atoms with Gasteiger partial charge in [-0.25, -0.2) is 4.98 Å². The Balaban J connectivity index is 2.12. The first-order chi connectivity index (χ1) is 11.6. The van der Waals surface area contributed by atoms with Crippen molar-refractivity contribution in [1.82, 2.24) is 9.55 Å². The standard InChI is InChI=1S/C18H15Cl2N3O/c1-24-7-6-18-22-16-5-2-12(10-21)8-17(16)23(18)11-13-9-14(19)3-4-15(13)20/h2-5,8-9H,6-7,11H2,1H3. The van der Waals surface area contributed by atoms with E-state index in [0.717, 1.165) is 22.4 Å². The van der Waals surface area contributed by atoms with Crippen LogP contribution in [0.4, 0.5) is 0 Å². The summed E-state index contributed by atoms with van der Waals surface area (Å²) in [4.78, 5) is 4.67. The van der Waals surface area contributed by atoms with Crippen LogP contribution in [0.3, 0.4) is 0 Å². The number of aromatic nitrogens is 2. The molecule has 0 aliphatic heterocycles. The van der Waals surface area contributed by atoms with Crippen LogP contribution < -0.4 is 0 Å². The van der Waals surface area contributed by atoms with E-state index in [4.69, 9.17) is 33.2 Å². The van der Waals surface area contributed by atoms with Crippen molar-refractivity contribution in [2.24, 2.45) is 0 Å². The number of hydrogen-bond acceptors (Lipinski definition) is 3. The van der Waals surface area contributed by atoms with Gasteiger partial charge in [-0.2, -0.15) is 5.26 Å². The van der Waals surface area contributed by atoms with Crippen LogP contribution in [0.1, 0.15) is 17.0 Å². The van der Waals surface area contributed by atoms with Crippen LogP contribution in [0.2, 0.25) is 10.0 Å². The van der Waals surface area contributed by atoms with Gasteiger partial charge in [0.15, 0.2) is 0 Å². The number of fused-ring (bicyclic) bond motifs is 1. The number of imidazole rings is 1. The first-order valence-corrected chi connectivity index (χ1v) is 8.20. The lowest BCUT2D eigenvalue weighted by molar-refractivity contribution is 0.200. The number of hydrogen-bond donors (Lipinski definition) is 0. The molecule has 0 aliphatic rings. The lowest BCUT2D eigenvalue weighted by Crippen LogP contribution is -2.08. The normalized spacial score (nSPS) is 10.9. The van der Waals surface area contributed by atoms with Gasteiger partial charge in [0, 0.05) is 23.6 Å². The molecule has 4 nitrogen and oxygen atoms in total. The lowest BCUT2D eigenvalue weighted by Gasteiger charge is -2.11. The summed E-state index contributed by atoms with van der Waals surface area (Å²) in [5.41, 5.74) is 3.25. The summed E-state index contributed by atoms with van der Waals surface area (Å²) in [5, 5.41) is 10.5. The quantitative estimate of drug-likeness (QED) is 0.675. The third-order valence-electron chi connectivity index (χ3n) is 3.82. The van der Waals surface area contributed by atoms with E-state index in [1.165, 1.54) is 0 Å². The fraction of sp³-hybridized carbons (Fsp3) is 0.222. The van der Waals surface area contributed by atoms with E-state index in [1.54, 1.807) is 25.3 Å². The molecule has 2 aromatic carbocycles. The van der Waals surface area contributed by atoms with Crippen LogP contribution in [0.5, 0.6) is 0 Å². The molecule has 3 rings (SSSR count). The number of methoxy groups -OCH3 is 1. The average molecular weight is 360 g/mol. The van der Waals surface area contributed by atoms with Gasteiger partial charge in [0.25, 0.3) is 0 Å². The van der Waals surface area contributed by atoms with Crippen molar-refractivity contribution < 1.29 is 4.74 Å². The summed E-state index contributed by atoms with van der Waals surface area (Å²) < 4.78 is 7.24. The molecule has 0 amide bonds. The molecule has 6 heteroatoms. The maximum absolute atomic E-state index is 9.17. The Bertz CT molecular complexity index is 928. The molecule has 0 radical (unpaired) electrons. The number of benzene rings is 2. The van der Waals surface area contributed by atoms with Gasteiger partial charge >= 0.3 is 0 Å². The van der Waals surface area contributed by atoms with E-state index in [-0.39, 0.29) is 0 Å². The molecular formula is C18H15Cl2N3O. The van der Waals surface area contributed by atoms with Gasteiger partial charge in [-0.15, -0.1) is 0 Å². The Morgan fingerprint density at radius 2 is 2.04 bits per heavy atom. The number of nitriles is 1. The van der Waals surface area contributed by atoms with Crippen molar-refractivity contribution in [2.75, 3.05) is 13.7 Å². The first-order valence-electron chi connectivity index (χ1n) is 7.44. The van der Waals surface area contributed by atoms with Gasteiger partial charge < -0.3 is 9.30 Å². The van der Waals surface area contributed by atoms with Gasteiger partial charge in [0.05, 0.1) is 35.8 Å². The molecule has 1 aromatic heterocycles. The minimum Gasteiger partial charge on any atom is -0.384 e. The van der Waals surface area contributed by atoms with Crippen molar-refractivity contribution in [3.05, 3.63) is 63.4 Å². The van der Waals surface area contributed by atoms with E-state index < -0.39 is 0 Å². The summed E-state index contributed by atoms with van der Waals surface area (Å²) in [6, 6.07) is 13.0. The lowest BCUT2D eigenvalue weighted by atomic mass is 10.2. The fourth-order valence-corrected chi connectivity index (χ4v) is 3.01. The zero-order valence-corrected chi connectivity index (χ0v) is 14.6. The molecule has 0 aliphatic carbocycles. The Hall–Kier alpha value is -2.06. The van der Waals surface area contributed by atoms with Crippen molar-refractivity contribution in [1.29, 1.82) is 5.26 Å². The molecule has 24 heavy (non-hydrogen) atoms. The summed E-state index contributed by atoms with van der Waals surface area (Å²) in [6.07, 6.45) is 0.672. The summed E-state index contributed by atoms with van der Waals surface area (Å²) >= 11 is 12.4. The van der Waals surface area contributed by atoms with E-state index in [9.17, 15) is 0 Å². The molecule has 0 saturated heterocycles. The molecule has 0 fully saturated rings. The highest BCUT2D eigenvalue weighted by Gasteiger charge is 2.13. The van der Waals surface area contributed by atoms with Crippen LogP contribution in [0, 0.1) is 11.3 Å². The average Bonchev–Trinajstić information content (AvgIpc) is 2.93. The minimum atomic E-state index is 0.532. The predicted octanol–water partition coefficient (Wildman–Crippen LogP) is 4.45. The molecule has 0 saturated carbocycles. The van der Waals surface area contributed by atoms with Crippen LogP contribution in [-0.4, -0.2) is 23.3 Å². The molecule has 0 bridgehead atoms. The molecule has 3 aromatic rings. The third kappa shape index (κ3) is 3.39. The van der Waals surface area contributed by atoms with Crippen molar-refractivity contribution >= 4 is 34.2 Å². The first kappa shape index (κ1) is 16.8. The maximum atomic E-state index is 9.17. The molecule has 0 N–H and O–H groups in total. The molecule has 0 unspecified atom stereocenters. The number of nitrogens with zero attached hydrogens (tertiary/aromatic N) is 3. The van der Waals surface area contributed by atoms with E-state index in [2.05, 4.69) is 15.6 Å². The summed E-state index contributed by atoms with van der Waals surface area (Å²) in [7, 11) is 1.66. The van der Waals surface area contributed by atoms with Gasteiger partial charge in [0.2, 0.25) is 0 Å². The van der Waals surface area contributed by atoms with Crippen molar-refractivity contribution in [3.63, 3.8) is 0 Å². The Morgan fingerprint density at radius 3 is 2.79 bits per heavy atom. The Morgan fingerprint density at radius 1 is 1.21 bits per heavy atom. The maximum Gasteiger partial charge on any atom is 0.112 e. The SMILES string of the molecule is COCCc1nc2ccc(C#N)cc2n1Cc1cc(Cl)ccc1Cl. The van der Waals surface area contributed by atoms with Crippen LogP contribution in [-0.2, 0) is 17.7 Å². The molecule has 1 heterocycles. The van der Waals surface area contributed by atoms with E-state index in [0.29, 0.717) is 35.2 Å². The molecule has 122 valence electrons. The Kier molecular flexibility index (Phi) is 5.06. The predicted molar refractivity (Wildman–Crippen MR) is 95.6 cm³/mol. The number of ether oxygens (including phenoxy) is 1. The molecule has 0 atom stereocenters. The Labute approximate surface area is 150 Å². The monoisotopic (exact) mass is 359 g/mol. The third-order valence-corrected chi connectivity index (χ3v) is 4.43. The molecular weight excluding hydrogens is 345 g/mol. The van der Waals surface area contributed by atoms with Crippen molar-refractivity contribution in [3.8, 4) is 6.07 Å². The van der Waals surface area contributed by atoms with Crippen molar-refractivity contribution in [2.45, 2.75) is 13.0 Å². The van der Waals surface area contributed by atoms with Crippen LogP contribution in [0.25, 0.3) is 11.0 Å². The smallest absolute Gasteiger partial charge is 0.112 e. The van der Waals surface area contributed by atoms with Gasteiger partial charge in [-0.05, 0) is 42.0 Å². The molecule has 0 spiro atoms. The second-order valence-corrected chi connectivity index (χ2v) is 6.25. The minimum absolute atomic E-state index is 0.532. The topological polar surface area (TPSA) is 50.8 Å². The van der Waals surface area contributed by atoms with Crippen LogP contribution in [0.15, 0.2) is 36.4 Å². The second-order valence-electron chi connectivity index (χ2n) is 5.41. The summed E-state index contributed by atoms with van der Waals surface area (Å²) in [5.74, 6) is 0.887. The highest BCUT2D eigenvalue weighted by molar-refractivity contribution is 6.33. The fourth-order valence-electron chi connectivity index (χ4n) is 2.64. The van der Waals surface area contributed by atoms with E-state index >= 15 is 0 Å². The number of rotatable bonds is 5. The highest BCUT2D eigenvalue weighted by atomic mass is 35.5. The largest absolute Gasteiger partial charge is 0.384 e. The zero-order chi connectivity index (χ0) is 17.1. The summed E-state index contributed by atoms with van der Waals surface area (Å²) in [6.45, 7) is 1.10. The van der Waals surface area contributed by atoms with E-state index in [1.807, 2.05) is 18.2 Å². The van der Waals surface area contributed by atoms with Gasteiger partial charge in [-0.3, -0.25) is 0 Å². The number of halogens is 2. The second kappa shape index (κ2) is 7.23. The highest BCUT2D eigenvalue weighted by Crippen LogP contribution is 2.25. The van der Waals surface area contributed by atoms with Gasteiger partial charge in [0.1, 0.15) is 5.82 Å². The zero-order valence-electron chi connectivity index (χ0n) is 13.1. The van der Waals surface area contributed by atoms with Crippen LogP contribution >= 0.6 is 23.2 Å². The van der Waals surface area contributed by atoms with Gasteiger partial charge in [-0.1, -0.05) is 23.2 Å².